The van der Waals surface area contributed by atoms with Crippen LogP contribution in [0.1, 0.15) is 11.1 Å². The van der Waals surface area contributed by atoms with Crippen molar-refractivity contribution in [2.45, 2.75) is 6.92 Å². The number of nitrogen functional groups attached to an aromatic ring is 1. The molecule has 5 heteroatoms. The molecule has 0 unspecified atom stereocenters. The van der Waals surface area contributed by atoms with Gasteiger partial charge in [0.1, 0.15) is 17.5 Å². The van der Waals surface area contributed by atoms with Crippen LogP contribution in [0.3, 0.4) is 0 Å². The Balaban J connectivity index is 2.26. The van der Waals surface area contributed by atoms with Crippen LogP contribution in [0, 0.1) is 18.3 Å². The van der Waals surface area contributed by atoms with Crippen molar-refractivity contribution in [3.8, 4) is 27.8 Å². The molecule has 3 aromatic rings. The number of nitrogens with two attached hydrogens (primary N) is 1. The van der Waals surface area contributed by atoms with E-state index in [4.69, 9.17) is 5.73 Å². The molecule has 0 saturated heterocycles. The zero-order valence-electron chi connectivity index (χ0n) is 11.4. The molecule has 2 N–H and O–H groups in total. The van der Waals surface area contributed by atoms with Crippen molar-refractivity contribution in [2.75, 3.05) is 5.73 Å². The fourth-order valence-corrected chi connectivity index (χ4v) is 3.13. The van der Waals surface area contributed by atoms with Crippen LogP contribution < -0.4 is 5.73 Å². The van der Waals surface area contributed by atoms with E-state index in [1.54, 1.807) is 23.7 Å². The maximum atomic E-state index is 9.38. The lowest BCUT2D eigenvalue weighted by atomic mass is 10.0. The average molecular weight is 292 g/mol. The molecular weight excluding hydrogens is 280 g/mol. The van der Waals surface area contributed by atoms with Crippen LogP contribution in [0.5, 0.6) is 0 Å². The van der Waals surface area contributed by atoms with E-state index in [9.17, 15) is 5.26 Å². The van der Waals surface area contributed by atoms with Crippen molar-refractivity contribution in [1.82, 2.24) is 9.97 Å². The third kappa shape index (κ3) is 2.37. The average Bonchev–Trinajstić information content (AvgIpc) is 2.93. The van der Waals surface area contributed by atoms with Crippen molar-refractivity contribution in [3.63, 3.8) is 0 Å². The summed E-state index contributed by atoms with van der Waals surface area (Å²) in [7, 11) is 0. The molecule has 0 amide bonds. The molecule has 0 bridgehead atoms. The molecule has 3 aromatic heterocycles. The maximum Gasteiger partial charge on any atom is 0.142 e. The highest BCUT2D eigenvalue weighted by Gasteiger charge is 2.15. The first kappa shape index (κ1) is 13.3. The highest BCUT2D eigenvalue weighted by atomic mass is 32.1. The molecular formula is C16H12N4S. The van der Waals surface area contributed by atoms with Gasteiger partial charge in [-0.2, -0.15) is 5.26 Å². The van der Waals surface area contributed by atoms with E-state index in [1.165, 1.54) is 0 Å². The smallest absolute Gasteiger partial charge is 0.142 e. The molecule has 0 aliphatic rings. The van der Waals surface area contributed by atoms with E-state index in [1.807, 2.05) is 36.6 Å². The second-order valence-corrected chi connectivity index (χ2v) is 5.51. The summed E-state index contributed by atoms with van der Waals surface area (Å²) < 4.78 is 0. The molecule has 0 fully saturated rings. The molecule has 0 radical (unpaired) electrons. The van der Waals surface area contributed by atoms with Crippen LogP contribution in [-0.2, 0) is 0 Å². The number of nitrogens with zero attached hydrogens (tertiary/aromatic N) is 3. The first-order valence-corrected chi connectivity index (χ1v) is 7.24. The highest BCUT2D eigenvalue weighted by Crippen LogP contribution is 2.35. The van der Waals surface area contributed by atoms with Gasteiger partial charge in [-0.3, -0.25) is 4.98 Å². The number of pyridine rings is 2. The van der Waals surface area contributed by atoms with Gasteiger partial charge in [0.25, 0.3) is 0 Å². The predicted octanol–water partition coefficient (Wildman–Crippen LogP) is 3.63. The van der Waals surface area contributed by atoms with Gasteiger partial charge in [-0.25, -0.2) is 4.98 Å². The van der Waals surface area contributed by atoms with Crippen molar-refractivity contribution in [2.24, 2.45) is 0 Å². The number of aromatic nitrogens is 2. The summed E-state index contributed by atoms with van der Waals surface area (Å²) in [6.45, 7) is 2.02. The number of aryl methyl sites for hydroxylation is 1. The van der Waals surface area contributed by atoms with Gasteiger partial charge in [-0.15, -0.1) is 11.3 Å². The summed E-state index contributed by atoms with van der Waals surface area (Å²) in [6.07, 6.45) is 3.42. The molecule has 0 aliphatic carbocycles. The lowest BCUT2D eigenvalue weighted by Gasteiger charge is -2.09. The van der Waals surface area contributed by atoms with Crippen LogP contribution in [0.2, 0.25) is 0 Å². The number of hydrogen-bond acceptors (Lipinski definition) is 5. The molecule has 0 aromatic carbocycles. The lowest BCUT2D eigenvalue weighted by molar-refractivity contribution is 1.28. The Bertz CT molecular complexity index is 831. The van der Waals surface area contributed by atoms with E-state index in [0.717, 1.165) is 27.3 Å². The second kappa shape index (κ2) is 5.35. The van der Waals surface area contributed by atoms with Gasteiger partial charge in [0.15, 0.2) is 0 Å². The first-order valence-electron chi connectivity index (χ1n) is 6.36. The van der Waals surface area contributed by atoms with Crippen LogP contribution in [0.25, 0.3) is 21.7 Å². The van der Waals surface area contributed by atoms with Gasteiger partial charge in [0.2, 0.25) is 0 Å². The zero-order chi connectivity index (χ0) is 14.8. The van der Waals surface area contributed by atoms with Crippen molar-refractivity contribution >= 4 is 17.2 Å². The van der Waals surface area contributed by atoms with Crippen LogP contribution in [0.15, 0.2) is 42.0 Å². The zero-order valence-corrected chi connectivity index (χ0v) is 12.2. The summed E-state index contributed by atoms with van der Waals surface area (Å²) >= 11 is 1.60. The van der Waals surface area contributed by atoms with Gasteiger partial charge in [0, 0.05) is 28.4 Å². The Kier molecular flexibility index (Phi) is 3.38. The molecule has 102 valence electrons. The second-order valence-electron chi connectivity index (χ2n) is 4.60. The quantitative estimate of drug-likeness (QED) is 0.782. The van der Waals surface area contributed by atoms with E-state index in [0.29, 0.717) is 5.56 Å². The van der Waals surface area contributed by atoms with Crippen LogP contribution in [0.4, 0.5) is 5.82 Å². The number of hydrogen-bond donors (Lipinski definition) is 1. The maximum absolute atomic E-state index is 9.38. The molecule has 0 saturated carbocycles. The van der Waals surface area contributed by atoms with Crippen molar-refractivity contribution in [3.05, 3.63) is 53.2 Å². The first-order chi connectivity index (χ1) is 10.2. The third-order valence-corrected chi connectivity index (χ3v) is 4.29. The topological polar surface area (TPSA) is 75.6 Å². The van der Waals surface area contributed by atoms with Gasteiger partial charge in [-0.05, 0) is 42.1 Å². The minimum Gasteiger partial charge on any atom is -0.383 e. The molecule has 0 atom stereocenters. The summed E-state index contributed by atoms with van der Waals surface area (Å²) in [6, 6.07) is 9.86. The molecule has 4 nitrogen and oxygen atoms in total. The number of anilines is 1. The van der Waals surface area contributed by atoms with Gasteiger partial charge in [0.05, 0.1) is 5.69 Å². The van der Waals surface area contributed by atoms with Gasteiger partial charge in [-0.1, -0.05) is 0 Å². The fourth-order valence-electron chi connectivity index (χ4n) is 2.18. The number of nitriles is 1. The number of thiophene rings is 1. The van der Waals surface area contributed by atoms with Gasteiger partial charge >= 0.3 is 0 Å². The van der Waals surface area contributed by atoms with Crippen LogP contribution >= 0.6 is 11.3 Å². The van der Waals surface area contributed by atoms with E-state index in [-0.39, 0.29) is 5.82 Å². The summed E-state index contributed by atoms with van der Waals surface area (Å²) in [5.74, 6) is 0.259. The SMILES string of the molecule is Cc1ccsc1-c1cc(-c2ccncc2)nc(N)c1C#N. The summed E-state index contributed by atoms with van der Waals surface area (Å²) in [5, 5.41) is 11.4. The normalized spacial score (nSPS) is 10.3. The largest absolute Gasteiger partial charge is 0.383 e. The lowest BCUT2D eigenvalue weighted by Crippen LogP contribution is -1.99. The summed E-state index contributed by atoms with van der Waals surface area (Å²) in [5.41, 5.74) is 10.0. The third-order valence-electron chi connectivity index (χ3n) is 3.24. The van der Waals surface area contributed by atoms with Gasteiger partial charge < -0.3 is 5.73 Å². The monoisotopic (exact) mass is 292 g/mol. The van der Waals surface area contributed by atoms with E-state index in [2.05, 4.69) is 16.0 Å². The Labute approximate surface area is 126 Å². The standard InChI is InChI=1S/C16H12N4S/c1-10-4-7-21-15(10)12-8-14(11-2-5-19-6-3-11)20-16(18)13(12)9-17/h2-8H,1H3,(H2,18,20). The molecule has 3 heterocycles. The van der Waals surface area contributed by atoms with E-state index >= 15 is 0 Å². The fraction of sp³-hybridized carbons (Fsp3) is 0.0625. The summed E-state index contributed by atoms with van der Waals surface area (Å²) in [4.78, 5) is 9.40. The molecule has 21 heavy (non-hydrogen) atoms. The Morgan fingerprint density at radius 3 is 2.62 bits per heavy atom. The Morgan fingerprint density at radius 1 is 1.24 bits per heavy atom. The minimum atomic E-state index is 0.259. The predicted molar refractivity (Wildman–Crippen MR) is 84.6 cm³/mol. The molecule has 3 rings (SSSR count). The highest BCUT2D eigenvalue weighted by molar-refractivity contribution is 7.13. The number of rotatable bonds is 2. The van der Waals surface area contributed by atoms with Crippen molar-refractivity contribution < 1.29 is 0 Å². The van der Waals surface area contributed by atoms with E-state index < -0.39 is 0 Å². The molecule has 0 aliphatic heterocycles. The Hall–Kier alpha value is -2.71. The minimum absolute atomic E-state index is 0.259. The van der Waals surface area contributed by atoms with Crippen molar-refractivity contribution in [1.29, 1.82) is 5.26 Å². The molecule has 0 spiro atoms. The van der Waals surface area contributed by atoms with Crippen LogP contribution in [-0.4, -0.2) is 9.97 Å². The Morgan fingerprint density at radius 2 is 2.00 bits per heavy atom.